The molecule has 0 amide bonds. The minimum Gasteiger partial charge on any atom is -0.609 e. The van der Waals surface area contributed by atoms with E-state index in [0.717, 1.165) is 5.70 Å². The van der Waals surface area contributed by atoms with E-state index in [4.69, 9.17) is 0 Å². The molecular formula is C3H6N3Re-. The molecule has 0 atom stereocenters. The van der Waals surface area contributed by atoms with Gasteiger partial charge in [-0.25, -0.2) is 0 Å². The van der Waals surface area contributed by atoms with E-state index in [0.29, 0.717) is 0 Å². The molecule has 2 N–H and O–H groups in total. The molecule has 0 aromatic rings. The minimum atomic E-state index is 0. The molecule has 0 fully saturated rings. The van der Waals surface area contributed by atoms with Gasteiger partial charge in [0.05, 0.1) is 0 Å². The summed E-state index contributed by atoms with van der Waals surface area (Å²) in [7, 11) is 0. The summed E-state index contributed by atoms with van der Waals surface area (Å²) in [6.07, 6.45) is 1.72. The van der Waals surface area contributed by atoms with E-state index in [1.54, 1.807) is 6.20 Å². The third kappa shape index (κ3) is 1.93. The average Bonchev–Trinajstić information content (AvgIpc) is 1.86. The predicted octanol–water partition coefficient (Wildman–Crippen LogP) is 0.242. The normalized spacial score (nSPS) is 15.9. The van der Waals surface area contributed by atoms with Crippen LogP contribution in [0.1, 0.15) is 6.92 Å². The third-order valence-electron chi connectivity index (χ3n) is 0.576. The van der Waals surface area contributed by atoms with E-state index >= 15 is 0 Å². The quantitative estimate of drug-likeness (QED) is 0.662. The van der Waals surface area contributed by atoms with E-state index in [1.165, 1.54) is 0 Å². The van der Waals surface area contributed by atoms with Crippen molar-refractivity contribution in [2.75, 3.05) is 0 Å². The van der Waals surface area contributed by atoms with Crippen LogP contribution in [0.15, 0.2) is 11.9 Å². The van der Waals surface area contributed by atoms with Crippen LogP contribution in [-0.2, 0) is 20.4 Å². The molecule has 1 aliphatic heterocycles. The van der Waals surface area contributed by atoms with Crippen molar-refractivity contribution in [3.8, 4) is 0 Å². The molecule has 0 bridgehead atoms. The molecule has 7 heavy (non-hydrogen) atoms. The smallest absolute Gasteiger partial charge is 0.000588 e. The van der Waals surface area contributed by atoms with Crippen molar-refractivity contribution >= 4 is 0 Å². The number of hydrogen-bond acceptors (Lipinski definition) is 2. The number of allylic oxidation sites excluding steroid dienone is 1. The van der Waals surface area contributed by atoms with Crippen molar-refractivity contribution in [3.63, 3.8) is 0 Å². The maximum Gasteiger partial charge on any atom is 0.000588 e. The fourth-order valence-corrected chi connectivity index (χ4v) is 0.282. The van der Waals surface area contributed by atoms with Gasteiger partial charge in [-0.1, -0.05) is 0 Å². The summed E-state index contributed by atoms with van der Waals surface area (Å²) in [6.45, 7) is 1.93. The van der Waals surface area contributed by atoms with Gasteiger partial charge in [0.15, 0.2) is 0 Å². The molecule has 0 saturated heterocycles. The molecule has 4 heteroatoms. The van der Waals surface area contributed by atoms with Gasteiger partial charge < -0.3 is 16.4 Å². The van der Waals surface area contributed by atoms with Crippen LogP contribution in [-0.4, -0.2) is 0 Å². The van der Waals surface area contributed by atoms with Gasteiger partial charge in [0.25, 0.3) is 0 Å². The molecule has 1 radical (unpaired) electrons. The molecule has 1 rings (SSSR count). The Labute approximate surface area is 56.1 Å². The Kier molecular flexibility index (Phi) is 3.01. The summed E-state index contributed by atoms with van der Waals surface area (Å²) in [5.74, 6) is 0. The summed E-state index contributed by atoms with van der Waals surface area (Å²) < 4.78 is 0. The second kappa shape index (κ2) is 3.03. The minimum absolute atomic E-state index is 0. The summed E-state index contributed by atoms with van der Waals surface area (Å²) in [4.78, 5) is 0. The number of nitrogens with zero attached hydrogens (tertiary/aromatic N) is 1. The largest absolute Gasteiger partial charge is 0.609 e. The zero-order valence-corrected chi connectivity index (χ0v) is 6.62. The molecule has 1 aliphatic rings. The van der Waals surface area contributed by atoms with E-state index in [1.807, 2.05) is 6.92 Å². The van der Waals surface area contributed by atoms with Crippen LogP contribution >= 0.6 is 0 Å². The first-order valence-electron chi connectivity index (χ1n) is 1.77. The SMILES string of the molecule is CC1=C[N-]NN1.[Re]. The van der Waals surface area contributed by atoms with Crippen molar-refractivity contribution in [1.82, 2.24) is 11.0 Å². The van der Waals surface area contributed by atoms with Crippen molar-refractivity contribution in [2.45, 2.75) is 6.92 Å². The first-order valence-corrected chi connectivity index (χ1v) is 1.77. The van der Waals surface area contributed by atoms with Gasteiger partial charge in [-0.2, -0.15) is 0 Å². The van der Waals surface area contributed by atoms with Crippen molar-refractivity contribution in [2.24, 2.45) is 0 Å². The number of rotatable bonds is 0. The van der Waals surface area contributed by atoms with E-state index in [2.05, 4.69) is 16.4 Å². The Morgan fingerprint density at radius 3 is 2.57 bits per heavy atom. The van der Waals surface area contributed by atoms with Crippen molar-refractivity contribution in [1.29, 1.82) is 0 Å². The molecule has 1 heterocycles. The molecule has 0 spiro atoms. The predicted molar refractivity (Wildman–Crippen MR) is 23.4 cm³/mol. The van der Waals surface area contributed by atoms with Gasteiger partial charge in [-0.3, -0.25) is 0 Å². The zero-order valence-electron chi connectivity index (χ0n) is 3.90. The van der Waals surface area contributed by atoms with Gasteiger partial charge in [0, 0.05) is 26.1 Å². The van der Waals surface area contributed by atoms with Gasteiger partial charge in [-0.05, 0) is 6.92 Å². The van der Waals surface area contributed by atoms with Crippen LogP contribution in [0.2, 0.25) is 0 Å². The standard InChI is InChI=1S/C3H6N3.Re/c1-3-2-4-6-5-3;/h2,5-6H,1H3;/q-1;. The number of nitrogens with one attached hydrogen (secondary N) is 2. The summed E-state index contributed by atoms with van der Waals surface area (Å²) >= 11 is 0. The molecule has 0 aliphatic carbocycles. The monoisotopic (exact) mass is 271 g/mol. The van der Waals surface area contributed by atoms with Gasteiger partial charge in [0.2, 0.25) is 0 Å². The molecule has 3 nitrogen and oxygen atoms in total. The summed E-state index contributed by atoms with van der Waals surface area (Å²) in [5.41, 5.74) is 10.0. The van der Waals surface area contributed by atoms with E-state index in [-0.39, 0.29) is 20.4 Å². The molecule has 0 aromatic carbocycles. The van der Waals surface area contributed by atoms with Crippen LogP contribution in [0.3, 0.4) is 0 Å². The zero-order chi connectivity index (χ0) is 4.41. The summed E-state index contributed by atoms with van der Waals surface area (Å²) in [6, 6.07) is 0. The van der Waals surface area contributed by atoms with Crippen LogP contribution in [0.4, 0.5) is 0 Å². The fraction of sp³-hybridized carbons (Fsp3) is 0.333. The molecule has 0 aromatic heterocycles. The van der Waals surface area contributed by atoms with Gasteiger partial charge >= 0.3 is 0 Å². The van der Waals surface area contributed by atoms with Crippen LogP contribution in [0.5, 0.6) is 0 Å². The Morgan fingerprint density at radius 1 is 1.71 bits per heavy atom. The first kappa shape index (κ1) is 6.96. The summed E-state index contributed by atoms with van der Waals surface area (Å²) in [5, 5.41) is 0. The molecule has 41 valence electrons. The Morgan fingerprint density at radius 2 is 2.43 bits per heavy atom. The average molecular weight is 270 g/mol. The third-order valence-corrected chi connectivity index (χ3v) is 0.576. The van der Waals surface area contributed by atoms with Crippen LogP contribution in [0.25, 0.3) is 5.43 Å². The topological polar surface area (TPSA) is 38.2 Å². The second-order valence-electron chi connectivity index (χ2n) is 1.18. The maximum absolute atomic E-state index is 3.64. The number of hydrazine groups is 1. The molecular weight excluding hydrogens is 264 g/mol. The van der Waals surface area contributed by atoms with Gasteiger partial charge in [-0.15, -0.1) is 6.20 Å². The Hall–Kier alpha value is -0.0377. The van der Waals surface area contributed by atoms with Gasteiger partial charge in [0.1, 0.15) is 0 Å². The second-order valence-corrected chi connectivity index (χ2v) is 1.18. The van der Waals surface area contributed by atoms with Crippen molar-refractivity contribution < 1.29 is 20.4 Å². The Bertz CT molecular complexity index is 80.2. The Balaban J connectivity index is 0.000000360. The van der Waals surface area contributed by atoms with Crippen LogP contribution in [0, 0.1) is 0 Å². The van der Waals surface area contributed by atoms with Crippen LogP contribution < -0.4 is 11.0 Å². The first-order chi connectivity index (χ1) is 2.89. The van der Waals surface area contributed by atoms with E-state index in [9.17, 15) is 0 Å². The maximum atomic E-state index is 3.64. The molecule has 0 unspecified atom stereocenters. The van der Waals surface area contributed by atoms with E-state index < -0.39 is 0 Å². The fourth-order valence-electron chi connectivity index (χ4n) is 0.282. The molecule has 0 saturated carbocycles. The van der Waals surface area contributed by atoms with Crippen molar-refractivity contribution in [3.05, 3.63) is 17.3 Å². The number of hydrogen-bond donors (Lipinski definition) is 2.